The van der Waals surface area contributed by atoms with E-state index in [4.69, 9.17) is 10.5 Å². The molecule has 2 unspecified atom stereocenters. The van der Waals surface area contributed by atoms with Gasteiger partial charge >= 0.3 is 0 Å². The second-order valence-corrected chi connectivity index (χ2v) is 8.32. The molecule has 142 valence electrons. The maximum absolute atomic E-state index is 11.8. The van der Waals surface area contributed by atoms with Gasteiger partial charge in [0.2, 0.25) is 12.3 Å². The zero-order chi connectivity index (χ0) is 19.2. The molecule has 4 N–H and O–H groups in total. The molecule has 2 aromatic rings. The molecule has 0 fully saturated rings. The Morgan fingerprint density at radius 1 is 1.26 bits per heavy atom. The summed E-state index contributed by atoms with van der Waals surface area (Å²) in [4.78, 5) is 11.8. The lowest BCUT2D eigenvalue weighted by Gasteiger charge is -2.28. The van der Waals surface area contributed by atoms with Gasteiger partial charge in [-0.3, -0.25) is 10.5 Å². The first kappa shape index (κ1) is 17.9. The van der Waals surface area contributed by atoms with E-state index < -0.39 is 6.35 Å². The van der Waals surface area contributed by atoms with E-state index in [0.29, 0.717) is 12.3 Å². The second kappa shape index (κ2) is 6.57. The summed E-state index contributed by atoms with van der Waals surface area (Å²) >= 11 is 0. The minimum Gasteiger partial charge on any atom is -0.456 e. The van der Waals surface area contributed by atoms with Crippen LogP contribution in [-0.4, -0.2) is 12.3 Å². The number of hydrogen-bond acceptors (Lipinski definition) is 4. The first-order valence-electron chi connectivity index (χ1n) is 9.58. The van der Waals surface area contributed by atoms with Gasteiger partial charge in [0, 0.05) is 5.69 Å². The van der Waals surface area contributed by atoms with Crippen molar-refractivity contribution in [3.8, 4) is 5.75 Å². The average molecular weight is 365 g/mol. The van der Waals surface area contributed by atoms with Gasteiger partial charge in [-0.1, -0.05) is 39.0 Å². The highest BCUT2D eigenvalue weighted by Crippen LogP contribution is 2.39. The number of fused-ring (bicyclic) bond motifs is 2. The maximum atomic E-state index is 11.8. The molecular formula is C22H27N3O2. The molecule has 2 aliphatic rings. The number of anilines is 2. The third-order valence-electron chi connectivity index (χ3n) is 5.87. The van der Waals surface area contributed by atoms with E-state index in [1.165, 1.54) is 16.7 Å². The van der Waals surface area contributed by atoms with Gasteiger partial charge in [-0.05, 0) is 59.1 Å². The number of amides is 1. The van der Waals surface area contributed by atoms with Crippen LogP contribution in [0.1, 0.15) is 56.2 Å². The number of nitrogens with two attached hydrogens (primary N) is 1. The molecule has 5 heteroatoms. The summed E-state index contributed by atoms with van der Waals surface area (Å²) in [5, 5.41) is 6.10. The molecule has 2 aromatic carbocycles. The lowest BCUT2D eigenvalue weighted by molar-refractivity contribution is -0.115. The van der Waals surface area contributed by atoms with E-state index in [0.717, 1.165) is 30.0 Å². The highest BCUT2D eigenvalue weighted by molar-refractivity contribution is 5.99. The number of benzene rings is 2. The van der Waals surface area contributed by atoms with Gasteiger partial charge in [0.15, 0.2) is 0 Å². The molecule has 0 aromatic heterocycles. The number of nitrogens with one attached hydrogen (secondary N) is 2. The van der Waals surface area contributed by atoms with Crippen molar-refractivity contribution in [1.82, 2.24) is 0 Å². The highest BCUT2D eigenvalue weighted by atomic mass is 16.5. The van der Waals surface area contributed by atoms with E-state index >= 15 is 0 Å². The summed E-state index contributed by atoms with van der Waals surface area (Å²) in [5.74, 6) is 1.31. The fraction of sp³-hybridized carbons (Fsp3) is 0.409. The largest absolute Gasteiger partial charge is 0.456 e. The molecule has 0 radical (unpaired) electrons. The summed E-state index contributed by atoms with van der Waals surface area (Å²) in [6.07, 6.45) is 2.13. The average Bonchev–Trinajstić information content (AvgIpc) is 3.18. The Hall–Kier alpha value is -2.53. The molecule has 0 bridgehead atoms. The van der Waals surface area contributed by atoms with E-state index in [9.17, 15) is 4.79 Å². The van der Waals surface area contributed by atoms with Crippen LogP contribution >= 0.6 is 0 Å². The van der Waals surface area contributed by atoms with Crippen molar-refractivity contribution in [2.45, 2.75) is 57.7 Å². The molecule has 0 spiro atoms. The zero-order valence-corrected chi connectivity index (χ0v) is 16.1. The van der Waals surface area contributed by atoms with Gasteiger partial charge in [-0.2, -0.15) is 0 Å². The predicted molar refractivity (Wildman–Crippen MR) is 108 cm³/mol. The quantitative estimate of drug-likeness (QED) is 0.746. The first-order valence-corrected chi connectivity index (χ1v) is 9.58. The standard InChI is InChI=1S/C22H27N3O2/c1-13(15-5-4-6-17-16(15)12-20(26)24-17)9-10-22(2,3)14-7-8-19-18(11-14)25-21(23)27-19/h4-8,11,13,21,25H,9-10,12,23H2,1-3H3,(H,24,26). The highest BCUT2D eigenvalue weighted by Gasteiger charge is 2.27. The van der Waals surface area contributed by atoms with Gasteiger partial charge in [0.25, 0.3) is 0 Å². The molecule has 1 amide bonds. The molecular weight excluding hydrogens is 338 g/mol. The maximum Gasteiger partial charge on any atom is 0.228 e. The van der Waals surface area contributed by atoms with Crippen molar-refractivity contribution in [2.24, 2.45) is 5.73 Å². The number of ether oxygens (including phenoxy) is 1. The molecule has 2 heterocycles. The normalized spacial score (nSPS) is 19.0. The third-order valence-corrected chi connectivity index (χ3v) is 5.87. The van der Waals surface area contributed by atoms with Crippen molar-refractivity contribution in [3.63, 3.8) is 0 Å². The summed E-state index contributed by atoms with van der Waals surface area (Å²) in [7, 11) is 0. The van der Waals surface area contributed by atoms with Crippen LogP contribution in [-0.2, 0) is 16.6 Å². The molecule has 0 aliphatic carbocycles. The van der Waals surface area contributed by atoms with E-state index in [2.05, 4.69) is 49.6 Å². The Bertz CT molecular complexity index is 891. The van der Waals surface area contributed by atoms with Crippen LogP contribution in [0.15, 0.2) is 36.4 Å². The Morgan fingerprint density at radius 3 is 2.89 bits per heavy atom. The fourth-order valence-corrected chi connectivity index (χ4v) is 4.10. The molecule has 0 saturated carbocycles. The van der Waals surface area contributed by atoms with Crippen molar-refractivity contribution in [1.29, 1.82) is 0 Å². The van der Waals surface area contributed by atoms with Crippen molar-refractivity contribution >= 4 is 17.3 Å². The molecule has 2 atom stereocenters. The minimum absolute atomic E-state index is 0.0314. The molecule has 0 saturated heterocycles. The van der Waals surface area contributed by atoms with E-state index in [-0.39, 0.29) is 11.3 Å². The van der Waals surface area contributed by atoms with Crippen LogP contribution in [0.2, 0.25) is 0 Å². The van der Waals surface area contributed by atoms with Gasteiger partial charge < -0.3 is 15.4 Å². The Kier molecular flexibility index (Phi) is 4.35. The summed E-state index contributed by atoms with van der Waals surface area (Å²) < 4.78 is 5.52. The Balaban J connectivity index is 1.48. The predicted octanol–water partition coefficient (Wildman–Crippen LogP) is 4.09. The van der Waals surface area contributed by atoms with Gasteiger partial charge in [-0.15, -0.1) is 0 Å². The monoisotopic (exact) mass is 365 g/mol. The van der Waals surface area contributed by atoms with Crippen LogP contribution in [0.5, 0.6) is 5.75 Å². The zero-order valence-electron chi connectivity index (χ0n) is 16.1. The number of carbonyl (C=O) groups is 1. The van der Waals surface area contributed by atoms with Gasteiger partial charge in [0.05, 0.1) is 12.1 Å². The topological polar surface area (TPSA) is 76.4 Å². The second-order valence-electron chi connectivity index (χ2n) is 8.32. The minimum atomic E-state index is -0.463. The van der Waals surface area contributed by atoms with Crippen LogP contribution in [0.4, 0.5) is 11.4 Å². The smallest absolute Gasteiger partial charge is 0.228 e. The summed E-state index contributed by atoms with van der Waals surface area (Å²) in [5.41, 5.74) is 11.5. The van der Waals surface area contributed by atoms with Gasteiger partial charge in [0.1, 0.15) is 5.75 Å². The fourth-order valence-electron chi connectivity index (χ4n) is 4.10. The first-order chi connectivity index (χ1) is 12.8. The molecule has 27 heavy (non-hydrogen) atoms. The number of rotatable bonds is 5. The lowest BCUT2D eigenvalue weighted by atomic mass is 9.77. The van der Waals surface area contributed by atoms with E-state index in [1.807, 2.05) is 18.2 Å². The van der Waals surface area contributed by atoms with Crippen LogP contribution in [0.25, 0.3) is 0 Å². The lowest BCUT2D eigenvalue weighted by Crippen LogP contribution is -2.30. The van der Waals surface area contributed by atoms with Crippen molar-refractivity contribution in [3.05, 3.63) is 53.1 Å². The molecule has 2 aliphatic heterocycles. The number of carbonyl (C=O) groups excluding carboxylic acids is 1. The Morgan fingerprint density at radius 2 is 2.07 bits per heavy atom. The van der Waals surface area contributed by atoms with Crippen LogP contribution in [0.3, 0.4) is 0 Å². The molecule has 4 rings (SSSR count). The van der Waals surface area contributed by atoms with E-state index in [1.54, 1.807) is 0 Å². The summed E-state index contributed by atoms with van der Waals surface area (Å²) in [6.45, 7) is 6.81. The molecule has 5 nitrogen and oxygen atoms in total. The Labute approximate surface area is 160 Å². The van der Waals surface area contributed by atoms with Crippen molar-refractivity contribution in [2.75, 3.05) is 10.6 Å². The van der Waals surface area contributed by atoms with Crippen LogP contribution in [0, 0.1) is 0 Å². The summed E-state index contributed by atoms with van der Waals surface area (Å²) in [6, 6.07) is 12.5. The third kappa shape index (κ3) is 3.39. The van der Waals surface area contributed by atoms with Crippen LogP contribution < -0.4 is 21.1 Å². The SMILES string of the molecule is CC(CCC(C)(C)c1ccc2c(c1)NC(N)O2)c1cccc2c1CC(=O)N2. The number of hydrogen-bond donors (Lipinski definition) is 3. The van der Waals surface area contributed by atoms with Gasteiger partial charge in [-0.25, -0.2) is 0 Å². The van der Waals surface area contributed by atoms with Crippen molar-refractivity contribution < 1.29 is 9.53 Å².